The van der Waals surface area contributed by atoms with Crippen LogP contribution in [0.3, 0.4) is 0 Å². The molecule has 2 heteroatoms. The first kappa shape index (κ1) is 38.4. The minimum absolute atomic E-state index is 0.148. The normalized spacial score (nSPS) is 13.2. The molecule has 0 amide bonds. The summed E-state index contributed by atoms with van der Waals surface area (Å²) in [6.07, 6.45) is 0. The molecule has 15 rings (SSSR count). The molecule has 12 aromatic carbocycles. The molecule has 0 aliphatic heterocycles. The molecule has 0 N–H and O–H groups in total. The maximum atomic E-state index is 2.46. The number of fused-ring (bicyclic) bond motifs is 13. The van der Waals surface area contributed by atoms with Gasteiger partial charge in [0.15, 0.2) is 0 Å². The second-order valence-corrected chi connectivity index (χ2v) is 19.7. The van der Waals surface area contributed by atoms with E-state index in [1.165, 1.54) is 137 Å². The Kier molecular flexibility index (Phi) is 7.87. The summed E-state index contributed by atoms with van der Waals surface area (Å²) in [5.74, 6) is 0. The first-order chi connectivity index (χ1) is 33.9. The lowest BCUT2D eigenvalue weighted by atomic mass is 9.80. The van der Waals surface area contributed by atoms with Crippen molar-refractivity contribution in [2.24, 2.45) is 0 Å². The molecule has 2 nitrogen and oxygen atoms in total. The minimum Gasteiger partial charge on any atom is -0.309 e. The fourth-order valence-electron chi connectivity index (χ4n) is 12.2. The van der Waals surface area contributed by atoms with E-state index < -0.39 is 0 Å². The van der Waals surface area contributed by atoms with E-state index in [4.69, 9.17) is 0 Å². The van der Waals surface area contributed by atoms with E-state index >= 15 is 0 Å². The van der Waals surface area contributed by atoms with E-state index in [2.05, 4.69) is 254 Å². The fourth-order valence-corrected chi connectivity index (χ4v) is 12.2. The number of hydrogen-bond donors (Lipinski definition) is 0. The average molecular weight is 877 g/mol. The highest BCUT2D eigenvalue weighted by Gasteiger charge is 2.36. The standard InChI is InChI=1S/C67H44N2/c1-67(2)60-38-45(26-30-54(60)55-31-27-46(39-61(55)67)52-21-11-15-41-13-3-5-17-51(41)52)44-28-32-65-58(36-44)56-19-7-9-22-63(56)68(65)50-29-25-43-33-49-40-66-59(37-48(49)34-47(43)35-50)57-20-8-10-23-64(57)69(66)62-24-12-16-42-14-4-6-18-53(42)62/h3-40H,1-2H3. The van der Waals surface area contributed by atoms with Crippen molar-refractivity contribution in [2.75, 3.05) is 0 Å². The van der Waals surface area contributed by atoms with Crippen molar-refractivity contribution in [3.8, 4) is 44.8 Å². The summed E-state index contributed by atoms with van der Waals surface area (Å²) >= 11 is 0. The van der Waals surface area contributed by atoms with E-state index in [1.807, 2.05) is 0 Å². The lowest BCUT2D eigenvalue weighted by molar-refractivity contribution is 0.661. The summed E-state index contributed by atoms with van der Waals surface area (Å²) in [6, 6.07) is 86.3. The largest absolute Gasteiger partial charge is 0.309 e. The highest BCUT2D eigenvalue weighted by atomic mass is 15.0. The Labute approximate surface area is 399 Å². The number of aromatic nitrogens is 2. The van der Waals surface area contributed by atoms with Crippen LogP contribution in [-0.4, -0.2) is 9.13 Å². The van der Waals surface area contributed by atoms with Gasteiger partial charge in [-0.1, -0.05) is 166 Å². The van der Waals surface area contributed by atoms with Crippen molar-refractivity contribution >= 4 is 86.7 Å². The molecule has 1 aliphatic carbocycles. The molecular formula is C67H44N2. The van der Waals surface area contributed by atoms with Crippen molar-refractivity contribution < 1.29 is 0 Å². The zero-order valence-corrected chi connectivity index (χ0v) is 38.3. The van der Waals surface area contributed by atoms with E-state index in [0.717, 1.165) is 5.69 Å². The maximum Gasteiger partial charge on any atom is 0.0547 e. The van der Waals surface area contributed by atoms with Crippen LogP contribution in [0.2, 0.25) is 0 Å². The average Bonchev–Trinajstić information content (AvgIpc) is 3.98. The minimum atomic E-state index is -0.148. The van der Waals surface area contributed by atoms with Crippen LogP contribution in [0.5, 0.6) is 0 Å². The van der Waals surface area contributed by atoms with Crippen LogP contribution in [-0.2, 0) is 5.41 Å². The van der Waals surface area contributed by atoms with Crippen LogP contribution in [0, 0.1) is 0 Å². The van der Waals surface area contributed by atoms with Gasteiger partial charge in [0.1, 0.15) is 0 Å². The summed E-state index contributed by atoms with van der Waals surface area (Å²) in [7, 11) is 0. The molecule has 0 spiro atoms. The third kappa shape index (κ3) is 5.55. The first-order valence-corrected chi connectivity index (χ1v) is 24.2. The molecule has 0 saturated carbocycles. The third-order valence-corrected chi connectivity index (χ3v) is 15.6. The second kappa shape index (κ2) is 14.2. The summed E-state index contributed by atoms with van der Waals surface area (Å²) in [5, 5.41) is 15.0. The van der Waals surface area contributed by atoms with E-state index in [-0.39, 0.29) is 5.41 Å². The van der Waals surface area contributed by atoms with E-state index in [0.29, 0.717) is 0 Å². The van der Waals surface area contributed by atoms with Gasteiger partial charge in [0.25, 0.3) is 0 Å². The molecule has 69 heavy (non-hydrogen) atoms. The van der Waals surface area contributed by atoms with Crippen molar-refractivity contribution in [1.29, 1.82) is 0 Å². The Hall–Kier alpha value is -8.72. The van der Waals surface area contributed by atoms with Gasteiger partial charge < -0.3 is 9.13 Å². The predicted octanol–water partition coefficient (Wildman–Crippen LogP) is 18.1. The van der Waals surface area contributed by atoms with Crippen LogP contribution < -0.4 is 0 Å². The molecule has 14 aromatic rings. The zero-order chi connectivity index (χ0) is 45.5. The number of benzene rings is 12. The van der Waals surface area contributed by atoms with E-state index in [9.17, 15) is 0 Å². The van der Waals surface area contributed by atoms with Crippen molar-refractivity contribution in [2.45, 2.75) is 19.3 Å². The van der Waals surface area contributed by atoms with E-state index in [1.54, 1.807) is 0 Å². The van der Waals surface area contributed by atoms with Gasteiger partial charge >= 0.3 is 0 Å². The van der Waals surface area contributed by atoms with Crippen molar-refractivity contribution in [1.82, 2.24) is 9.13 Å². The van der Waals surface area contributed by atoms with Crippen LogP contribution >= 0.6 is 0 Å². The summed E-state index contributed by atoms with van der Waals surface area (Å²) in [5.41, 5.74) is 17.6. The molecule has 1 aliphatic rings. The number of para-hydroxylation sites is 2. The molecule has 0 fully saturated rings. The molecular weight excluding hydrogens is 833 g/mol. The van der Waals surface area contributed by atoms with Crippen LogP contribution in [0.1, 0.15) is 25.0 Å². The lowest BCUT2D eigenvalue weighted by Gasteiger charge is -2.23. The topological polar surface area (TPSA) is 9.86 Å². The maximum absolute atomic E-state index is 2.46. The van der Waals surface area contributed by atoms with Crippen molar-refractivity contribution in [3.05, 3.63) is 242 Å². The quantitative estimate of drug-likeness (QED) is 0.156. The first-order valence-electron chi connectivity index (χ1n) is 24.2. The van der Waals surface area contributed by atoms with Crippen LogP contribution in [0.15, 0.2) is 231 Å². The fraction of sp³-hybridized carbons (Fsp3) is 0.0448. The highest BCUT2D eigenvalue weighted by molar-refractivity contribution is 6.16. The molecule has 0 radical (unpaired) electrons. The molecule has 0 saturated heterocycles. The zero-order valence-electron chi connectivity index (χ0n) is 38.3. The van der Waals surface area contributed by atoms with Gasteiger partial charge in [-0.25, -0.2) is 0 Å². The van der Waals surface area contributed by atoms with Gasteiger partial charge in [0, 0.05) is 38.0 Å². The summed E-state index contributed by atoms with van der Waals surface area (Å²) in [6.45, 7) is 4.79. The molecule has 322 valence electrons. The Morgan fingerprint density at radius 2 is 0.812 bits per heavy atom. The van der Waals surface area contributed by atoms with Gasteiger partial charge in [-0.15, -0.1) is 0 Å². The van der Waals surface area contributed by atoms with Crippen LogP contribution in [0.4, 0.5) is 0 Å². The number of nitrogens with zero attached hydrogens (tertiary/aromatic N) is 2. The monoisotopic (exact) mass is 876 g/mol. The predicted molar refractivity (Wildman–Crippen MR) is 294 cm³/mol. The smallest absolute Gasteiger partial charge is 0.0547 e. The summed E-state index contributed by atoms with van der Waals surface area (Å²) in [4.78, 5) is 0. The molecule has 2 aromatic heterocycles. The van der Waals surface area contributed by atoms with Gasteiger partial charge in [0.2, 0.25) is 0 Å². The Balaban J connectivity index is 0.826. The van der Waals surface area contributed by atoms with Crippen LogP contribution in [0.25, 0.3) is 131 Å². The van der Waals surface area contributed by atoms with Gasteiger partial charge in [-0.05, 0) is 161 Å². The molecule has 0 bridgehead atoms. The van der Waals surface area contributed by atoms with Gasteiger partial charge in [0.05, 0.1) is 27.8 Å². The Morgan fingerprint density at radius 3 is 1.59 bits per heavy atom. The third-order valence-electron chi connectivity index (χ3n) is 15.6. The van der Waals surface area contributed by atoms with Gasteiger partial charge in [-0.3, -0.25) is 0 Å². The molecule has 0 unspecified atom stereocenters. The number of rotatable bonds is 4. The SMILES string of the molecule is CC1(C)c2cc(-c3ccc4c(c3)c3ccccc3n4-c3ccc4cc5cc6c(cc5cc4c3)c3ccccc3n6-c3cccc4ccccc34)ccc2-c2ccc(-c3cccc4ccccc34)cc21. The Morgan fingerprint density at radius 1 is 0.275 bits per heavy atom. The molecule has 0 atom stereocenters. The number of hydrogen-bond acceptors (Lipinski definition) is 0. The lowest BCUT2D eigenvalue weighted by Crippen LogP contribution is -2.15. The Bertz CT molecular complexity index is 4510. The van der Waals surface area contributed by atoms with Gasteiger partial charge in [-0.2, -0.15) is 0 Å². The molecule has 2 heterocycles. The highest BCUT2D eigenvalue weighted by Crippen LogP contribution is 2.51. The summed E-state index contributed by atoms with van der Waals surface area (Å²) < 4.78 is 4.91. The van der Waals surface area contributed by atoms with Crippen molar-refractivity contribution in [3.63, 3.8) is 0 Å². The second-order valence-electron chi connectivity index (χ2n) is 19.7.